The molecule has 1 aliphatic heterocycles. The standard InChI is InChI=1S/C22H30N4O5/c1-22(2,3)19(21(30)23-12-17(27)28)24-20(29)18-15-6-4-5-7-16(15)26(25-18)13-14-8-10-31-11-9-14/h4-7,14,19H,8-13H2,1-3H3,(H,23,30)(H,24,29)(H,27,28). The molecule has 1 aliphatic rings. The zero-order valence-corrected chi connectivity index (χ0v) is 18.2. The number of aromatic nitrogens is 2. The number of benzene rings is 1. The summed E-state index contributed by atoms with van der Waals surface area (Å²) in [5, 5.41) is 19.3. The maximum atomic E-state index is 13.2. The van der Waals surface area contributed by atoms with E-state index < -0.39 is 35.8 Å². The van der Waals surface area contributed by atoms with Gasteiger partial charge in [-0.05, 0) is 30.2 Å². The molecule has 1 atom stereocenters. The van der Waals surface area contributed by atoms with Crippen LogP contribution in [0.1, 0.15) is 44.1 Å². The minimum absolute atomic E-state index is 0.253. The lowest BCUT2D eigenvalue weighted by molar-refractivity contribution is -0.138. The number of nitrogens with zero attached hydrogens (tertiary/aromatic N) is 2. The number of nitrogens with one attached hydrogen (secondary N) is 2. The van der Waals surface area contributed by atoms with Crippen molar-refractivity contribution >= 4 is 28.7 Å². The molecule has 2 aromatic rings. The molecule has 1 fully saturated rings. The van der Waals surface area contributed by atoms with Crippen molar-refractivity contribution in [3.63, 3.8) is 0 Å². The van der Waals surface area contributed by atoms with E-state index >= 15 is 0 Å². The highest BCUT2D eigenvalue weighted by Gasteiger charge is 2.34. The average Bonchev–Trinajstić information content (AvgIpc) is 3.08. The normalized spacial score (nSPS) is 16.1. The van der Waals surface area contributed by atoms with Crippen molar-refractivity contribution in [1.29, 1.82) is 0 Å². The highest BCUT2D eigenvalue weighted by Crippen LogP contribution is 2.24. The van der Waals surface area contributed by atoms with E-state index in [9.17, 15) is 14.4 Å². The van der Waals surface area contributed by atoms with E-state index in [-0.39, 0.29) is 5.69 Å². The van der Waals surface area contributed by atoms with Gasteiger partial charge in [0.15, 0.2) is 5.69 Å². The molecule has 1 aromatic heterocycles. The lowest BCUT2D eigenvalue weighted by atomic mass is 9.86. The number of carbonyl (C=O) groups is 3. The van der Waals surface area contributed by atoms with Crippen LogP contribution in [0.25, 0.3) is 10.9 Å². The topological polar surface area (TPSA) is 123 Å². The van der Waals surface area contributed by atoms with Crippen LogP contribution >= 0.6 is 0 Å². The number of rotatable bonds is 7. The summed E-state index contributed by atoms with van der Waals surface area (Å²) < 4.78 is 7.29. The SMILES string of the molecule is CC(C)(C)C(NC(=O)c1nn(CC2CCOCC2)c2ccccc12)C(=O)NCC(=O)O. The van der Waals surface area contributed by atoms with E-state index in [1.54, 1.807) is 20.8 Å². The van der Waals surface area contributed by atoms with Crippen molar-refractivity contribution in [2.45, 2.75) is 46.2 Å². The number of carboxylic acids is 1. The van der Waals surface area contributed by atoms with Gasteiger partial charge in [0.25, 0.3) is 5.91 Å². The van der Waals surface area contributed by atoms with Crippen molar-refractivity contribution in [2.75, 3.05) is 19.8 Å². The largest absolute Gasteiger partial charge is 0.480 e. The summed E-state index contributed by atoms with van der Waals surface area (Å²) in [6.07, 6.45) is 1.90. The molecule has 0 radical (unpaired) electrons. The van der Waals surface area contributed by atoms with Gasteiger partial charge < -0.3 is 20.5 Å². The lowest BCUT2D eigenvalue weighted by Gasteiger charge is -2.30. The van der Waals surface area contributed by atoms with Crippen molar-refractivity contribution in [2.24, 2.45) is 11.3 Å². The van der Waals surface area contributed by atoms with Crippen molar-refractivity contribution < 1.29 is 24.2 Å². The van der Waals surface area contributed by atoms with E-state index in [1.807, 2.05) is 28.9 Å². The predicted octanol–water partition coefficient (Wildman–Crippen LogP) is 1.81. The van der Waals surface area contributed by atoms with Gasteiger partial charge in [0.2, 0.25) is 5.91 Å². The van der Waals surface area contributed by atoms with E-state index in [1.165, 1.54) is 0 Å². The number of para-hydroxylation sites is 1. The number of carbonyl (C=O) groups excluding carboxylic acids is 2. The van der Waals surface area contributed by atoms with E-state index in [0.717, 1.165) is 31.6 Å². The van der Waals surface area contributed by atoms with E-state index in [0.29, 0.717) is 17.8 Å². The van der Waals surface area contributed by atoms with Crippen LogP contribution in [0.4, 0.5) is 0 Å². The van der Waals surface area contributed by atoms with E-state index in [4.69, 9.17) is 9.84 Å². The second kappa shape index (κ2) is 9.47. The number of hydrogen-bond acceptors (Lipinski definition) is 5. The first kappa shape index (κ1) is 22.7. The van der Waals surface area contributed by atoms with Crippen LogP contribution < -0.4 is 10.6 Å². The smallest absolute Gasteiger partial charge is 0.322 e. The van der Waals surface area contributed by atoms with Crippen LogP contribution in [-0.4, -0.2) is 58.5 Å². The predicted molar refractivity (Wildman–Crippen MR) is 115 cm³/mol. The third-order valence-electron chi connectivity index (χ3n) is 5.46. The molecule has 0 spiro atoms. The number of fused-ring (bicyclic) bond motifs is 1. The summed E-state index contributed by atoms with van der Waals surface area (Å²) in [4.78, 5) is 36.5. The summed E-state index contributed by atoms with van der Waals surface area (Å²) in [6.45, 7) is 7.06. The molecular formula is C22H30N4O5. The number of carboxylic acid groups (broad SMARTS) is 1. The molecule has 3 N–H and O–H groups in total. The Morgan fingerprint density at radius 2 is 1.90 bits per heavy atom. The van der Waals surface area contributed by atoms with Crippen molar-refractivity contribution in [3.8, 4) is 0 Å². The first-order valence-corrected chi connectivity index (χ1v) is 10.5. The number of ether oxygens (including phenoxy) is 1. The third-order valence-corrected chi connectivity index (χ3v) is 5.46. The summed E-state index contributed by atoms with van der Waals surface area (Å²) in [7, 11) is 0. The minimum atomic E-state index is -1.15. The Morgan fingerprint density at radius 3 is 2.55 bits per heavy atom. The molecule has 9 nitrogen and oxygen atoms in total. The maximum absolute atomic E-state index is 13.2. The van der Waals surface area contributed by atoms with E-state index in [2.05, 4.69) is 15.7 Å². The van der Waals surface area contributed by atoms with Gasteiger partial charge in [-0.1, -0.05) is 39.0 Å². The van der Waals surface area contributed by atoms with Crippen LogP contribution in [0.3, 0.4) is 0 Å². The monoisotopic (exact) mass is 430 g/mol. The Balaban J connectivity index is 1.84. The van der Waals surface area contributed by atoms with Crippen LogP contribution in [0.15, 0.2) is 24.3 Å². The molecule has 1 unspecified atom stereocenters. The van der Waals surface area contributed by atoms with Crippen LogP contribution in [0.5, 0.6) is 0 Å². The Bertz CT molecular complexity index is 956. The number of aliphatic carboxylic acids is 1. The Labute approximate surface area is 181 Å². The average molecular weight is 431 g/mol. The van der Waals surface area contributed by atoms with Crippen LogP contribution in [0, 0.1) is 11.3 Å². The first-order valence-electron chi connectivity index (χ1n) is 10.5. The zero-order valence-electron chi connectivity index (χ0n) is 18.2. The van der Waals surface area contributed by atoms with Gasteiger partial charge in [0.05, 0.1) is 5.52 Å². The first-order chi connectivity index (χ1) is 14.7. The molecular weight excluding hydrogens is 400 g/mol. The molecule has 3 rings (SSSR count). The third kappa shape index (κ3) is 5.61. The fourth-order valence-electron chi connectivity index (χ4n) is 3.75. The van der Waals surface area contributed by atoms with Crippen LogP contribution in [0.2, 0.25) is 0 Å². The van der Waals surface area contributed by atoms with Crippen molar-refractivity contribution in [3.05, 3.63) is 30.0 Å². The molecule has 168 valence electrons. The summed E-state index contributed by atoms with van der Waals surface area (Å²) >= 11 is 0. The summed E-state index contributed by atoms with van der Waals surface area (Å²) in [5.74, 6) is -1.73. The second-order valence-corrected chi connectivity index (χ2v) is 8.99. The Hall–Kier alpha value is -2.94. The summed E-state index contributed by atoms with van der Waals surface area (Å²) in [5.41, 5.74) is 0.489. The van der Waals surface area contributed by atoms with Crippen LogP contribution in [-0.2, 0) is 20.9 Å². The fraction of sp³-hybridized carbons (Fsp3) is 0.545. The van der Waals surface area contributed by atoms with Crippen molar-refractivity contribution in [1.82, 2.24) is 20.4 Å². The number of amides is 2. The molecule has 2 amide bonds. The Morgan fingerprint density at radius 1 is 1.23 bits per heavy atom. The fourth-order valence-corrected chi connectivity index (χ4v) is 3.75. The van der Waals surface area contributed by atoms with Gasteiger partial charge >= 0.3 is 5.97 Å². The lowest BCUT2D eigenvalue weighted by Crippen LogP contribution is -2.54. The van der Waals surface area contributed by atoms with Gasteiger partial charge in [-0.2, -0.15) is 5.10 Å². The molecule has 2 heterocycles. The molecule has 1 saturated heterocycles. The van der Waals surface area contributed by atoms with Gasteiger partial charge in [-0.3, -0.25) is 19.1 Å². The maximum Gasteiger partial charge on any atom is 0.322 e. The molecule has 31 heavy (non-hydrogen) atoms. The Kier molecular flexibility index (Phi) is 6.94. The van der Waals surface area contributed by atoms with Gasteiger partial charge in [0, 0.05) is 25.1 Å². The molecule has 0 aliphatic carbocycles. The molecule has 0 bridgehead atoms. The van der Waals surface area contributed by atoms with Gasteiger partial charge in [-0.25, -0.2) is 0 Å². The second-order valence-electron chi connectivity index (χ2n) is 8.99. The minimum Gasteiger partial charge on any atom is -0.480 e. The summed E-state index contributed by atoms with van der Waals surface area (Å²) in [6, 6.07) is 6.61. The molecule has 0 saturated carbocycles. The highest BCUT2D eigenvalue weighted by atomic mass is 16.5. The quantitative estimate of drug-likeness (QED) is 0.616. The highest BCUT2D eigenvalue weighted by molar-refractivity contribution is 6.06. The molecule has 9 heteroatoms. The number of hydrogen-bond donors (Lipinski definition) is 3. The van der Waals surface area contributed by atoms with Gasteiger partial charge in [0.1, 0.15) is 12.6 Å². The van der Waals surface area contributed by atoms with Gasteiger partial charge in [-0.15, -0.1) is 0 Å². The zero-order chi connectivity index (χ0) is 22.6. The molecule has 1 aromatic carbocycles.